The lowest BCUT2D eigenvalue weighted by Gasteiger charge is -2.25. The van der Waals surface area contributed by atoms with Gasteiger partial charge in [0, 0.05) is 18.2 Å². The first-order valence-corrected chi connectivity index (χ1v) is 11.7. The minimum Gasteiger partial charge on any atom is -0.488 e. The summed E-state index contributed by atoms with van der Waals surface area (Å²) in [5, 5.41) is 9.76. The molecule has 0 bridgehead atoms. The third-order valence-corrected chi connectivity index (χ3v) is 6.10. The largest absolute Gasteiger partial charge is 0.488 e. The molecule has 0 unspecified atom stereocenters. The first kappa shape index (κ1) is 23.6. The van der Waals surface area contributed by atoms with E-state index in [4.69, 9.17) is 9.47 Å². The van der Waals surface area contributed by atoms with E-state index >= 15 is 0 Å². The number of nitrogens with zero attached hydrogens (tertiary/aromatic N) is 1. The molecular formula is C29H31NO4. The quantitative estimate of drug-likeness (QED) is 0.463. The first-order chi connectivity index (χ1) is 16.6. The van der Waals surface area contributed by atoms with Crippen molar-refractivity contribution in [2.45, 2.75) is 39.0 Å². The van der Waals surface area contributed by atoms with Crippen molar-refractivity contribution in [3.8, 4) is 11.5 Å². The fraction of sp³-hybridized carbons (Fsp3) is 0.276. The van der Waals surface area contributed by atoms with Crippen molar-refractivity contribution in [1.82, 2.24) is 4.90 Å². The zero-order valence-corrected chi connectivity index (χ0v) is 19.6. The maximum atomic E-state index is 13.6. The summed E-state index contributed by atoms with van der Waals surface area (Å²) in [5.41, 5.74) is 4.08. The topological polar surface area (TPSA) is 59.0 Å². The van der Waals surface area contributed by atoms with Crippen LogP contribution in [0.3, 0.4) is 0 Å². The molecule has 3 aromatic rings. The Hall–Kier alpha value is -3.57. The zero-order valence-electron chi connectivity index (χ0n) is 19.6. The van der Waals surface area contributed by atoms with Gasteiger partial charge in [-0.1, -0.05) is 67.2 Å². The summed E-state index contributed by atoms with van der Waals surface area (Å²) in [7, 11) is 0. The fourth-order valence-electron chi connectivity index (χ4n) is 4.22. The summed E-state index contributed by atoms with van der Waals surface area (Å²) in [6, 6.07) is 23.2. The Balaban J connectivity index is 1.69. The lowest BCUT2D eigenvalue weighted by molar-refractivity contribution is 0.0672. The van der Waals surface area contributed by atoms with Crippen molar-refractivity contribution in [3.05, 3.63) is 102 Å². The van der Waals surface area contributed by atoms with Crippen LogP contribution in [0, 0.1) is 0 Å². The van der Waals surface area contributed by atoms with Gasteiger partial charge in [0.15, 0.2) is 0 Å². The second kappa shape index (κ2) is 11.0. The van der Waals surface area contributed by atoms with Gasteiger partial charge >= 0.3 is 0 Å². The molecule has 0 radical (unpaired) electrons. The standard InChI is InChI=1S/C29H31NO4/c1-21(2)25-16-26(29(32)30-15-9-14-24(30)18-31)28(34-20-23-12-7-4-8-13-23)17-27(25)33-19-22-10-5-3-6-11-22/h3-8,10-13,16-17,24,31H,1,9,14-15,18-20H2,2H3/t24-/m1/s1. The van der Waals surface area contributed by atoms with Crippen molar-refractivity contribution in [1.29, 1.82) is 0 Å². The molecule has 1 amide bonds. The minimum absolute atomic E-state index is 0.0441. The van der Waals surface area contributed by atoms with E-state index in [0.717, 1.165) is 35.1 Å². The van der Waals surface area contributed by atoms with Gasteiger partial charge in [0.2, 0.25) is 0 Å². The van der Waals surface area contributed by atoms with Crippen molar-refractivity contribution in [2.24, 2.45) is 0 Å². The second-order valence-corrected chi connectivity index (χ2v) is 8.65. The van der Waals surface area contributed by atoms with Crippen LogP contribution in [0.15, 0.2) is 79.4 Å². The van der Waals surface area contributed by atoms with Crippen molar-refractivity contribution in [3.63, 3.8) is 0 Å². The number of rotatable bonds is 9. The summed E-state index contributed by atoms with van der Waals surface area (Å²) >= 11 is 0. The highest BCUT2D eigenvalue weighted by Gasteiger charge is 2.31. The van der Waals surface area contributed by atoms with Crippen LogP contribution in [-0.2, 0) is 13.2 Å². The van der Waals surface area contributed by atoms with Crippen LogP contribution in [0.5, 0.6) is 11.5 Å². The number of aliphatic hydroxyl groups is 1. The van der Waals surface area contributed by atoms with Crippen LogP contribution in [0.1, 0.15) is 46.8 Å². The summed E-state index contributed by atoms with van der Waals surface area (Å²) in [6.07, 6.45) is 1.68. The van der Waals surface area contributed by atoms with Gasteiger partial charge in [-0.15, -0.1) is 0 Å². The first-order valence-electron chi connectivity index (χ1n) is 11.7. The molecule has 4 rings (SSSR count). The SMILES string of the molecule is C=C(C)c1cc(C(=O)N2CCC[C@@H]2CO)c(OCc2ccccc2)cc1OCc1ccccc1. The number of hydrogen-bond donors (Lipinski definition) is 1. The smallest absolute Gasteiger partial charge is 0.257 e. The van der Waals surface area contributed by atoms with E-state index in [1.54, 1.807) is 11.0 Å². The van der Waals surface area contributed by atoms with E-state index in [-0.39, 0.29) is 18.6 Å². The lowest BCUT2D eigenvalue weighted by Crippen LogP contribution is -2.37. The van der Waals surface area contributed by atoms with E-state index in [1.165, 1.54) is 0 Å². The Morgan fingerprint density at radius 3 is 2.03 bits per heavy atom. The molecule has 5 heteroatoms. The lowest BCUT2D eigenvalue weighted by atomic mass is 10.0. The van der Waals surface area contributed by atoms with Gasteiger partial charge in [0.1, 0.15) is 24.7 Å². The highest BCUT2D eigenvalue weighted by atomic mass is 16.5. The second-order valence-electron chi connectivity index (χ2n) is 8.65. The predicted molar refractivity (Wildman–Crippen MR) is 134 cm³/mol. The molecule has 176 valence electrons. The number of ether oxygens (including phenoxy) is 2. The molecule has 3 aromatic carbocycles. The van der Waals surface area contributed by atoms with Crippen LogP contribution in [-0.4, -0.2) is 35.1 Å². The number of hydrogen-bond acceptors (Lipinski definition) is 4. The highest BCUT2D eigenvalue weighted by molar-refractivity contribution is 5.98. The molecule has 34 heavy (non-hydrogen) atoms. The summed E-state index contributed by atoms with van der Waals surface area (Å²) in [6.45, 7) is 7.31. The van der Waals surface area contributed by atoms with Gasteiger partial charge in [-0.05, 0) is 42.5 Å². The molecule has 1 aliphatic heterocycles. The van der Waals surface area contributed by atoms with Gasteiger partial charge in [-0.25, -0.2) is 0 Å². The van der Waals surface area contributed by atoms with Crippen LogP contribution in [0.25, 0.3) is 5.57 Å². The molecule has 1 aliphatic rings. The fourth-order valence-corrected chi connectivity index (χ4v) is 4.22. The number of allylic oxidation sites excluding steroid dienone is 1. The van der Waals surface area contributed by atoms with Gasteiger partial charge in [0.05, 0.1) is 18.2 Å². The third kappa shape index (κ3) is 5.49. The molecule has 5 nitrogen and oxygen atoms in total. The van der Waals surface area contributed by atoms with Crippen molar-refractivity contribution < 1.29 is 19.4 Å². The van der Waals surface area contributed by atoms with Crippen LogP contribution in [0.4, 0.5) is 0 Å². The Morgan fingerprint density at radius 2 is 1.50 bits per heavy atom. The van der Waals surface area contributed by atoms with E-state index < -0.39 is 0 Å². The maximum absolute atomic E-state index is 13.6. The Labute approximate surface area is 201 Å². The number of likely N-dealkylation sites (tertiary alicyclic amines) is 1. The zero-order chi connectivity index (χ0) is 23.9. The van der Waals surface area contributed by atoms with Crippen LogP contribution >= 0.6 is 0 Å². The normalized spacial score (nSPS) is 15.2. The number of carbonyl (C=O) groups excluding carboxylic acids is 1. The molecule has 0 spiro atoms. The molecule has 1 heterocycles. The summed E-state index contributed by atoms with van der Waals surface area (Å²) < 4.78 is 12.4. The number of aliphatic hydroxyl groups excluding tert-OH is 1. The average Bonchev–Trinajstić information content (AvgIpc) is 3.36. The van der Waals surface area contributed by atoms with Gasteiger partial charge in [-0.3, -0.25) is 4.79 Å². The van der Waals surface area contributed by atoms with Gasteiger partial charge < -0.3 is 19.5 Å². The Bertz CT molecular complexity index is 1130. The molecule has 0 aromatic heterocycles. The predicted octanol–water partition coefficient (Wildman–Crippen LogP) is 5.47. The molecule has 0 saturated carbocycles. The Morgan fingerprint density at radius 1 is 0.941 bits per heavy atom. The molecule has 0 aliphatic carbocycles. The Kier molecular flexibility index (Phi) is 7.65. The van der Waals surface area contributed by atoms with E-state index in [1.807, 2.05) is 73.7 Å². The highest BCUT2D eigenvalue weighted by Crippen LogP contribution is 2.36. The van der Waals surface area contributed by atoms with E-state index in [0.29, 0.717) is 36.8 Å². The van der Waals surface area contributed by atoms with Crippen molar-refractivity contribution in [2.75, 3.05) is 13.2 Å². The summed E-state index contributed by atoms with van der Waals surface area (Å²) in [5.74, 6) is 0.943. The molecule has 1 fully saturated rings. The van der Waals surface area contributed by atoms with Crippen molar-refractivity contribution >= 4 is 11.5 Å². The van der Waals surface area contributed by atoms with Gasteiger partial charge in [-0.2, -0.15) is 0 Å². The van der Waals surface area contributed by atoms with Crippen LogP contribution < -0.4 is 9.47 Å². The molecule has 1 N–H and O–H groups in total. The van der Waals surface area contributed by atoms with Crippen LogP contribution in [0.2, 0.25) is 0 Å². The number of benzene rings is 3. The van der Waals surface area contributed by atoms with E-state index in [9.17, 15) is 9.90 Å². The minimum atomic E-state index is -0.170. The average molecular weight is 458 g/mol. The molecule has 1 atom stereocenters. The van der Waals surface area contributed by atoms with Gasteiger partial charge in [0.25, 0.3) is 5.91 Å². The van der Waals surface area contributed by atoms with E-state index in [2.05, 4.69) is 6.58 Å². The summed E-state index contributed by atoms with van der Waals surface area (Å²) in [4.78, 5) is 15.3. The third-order valence-electron chi connectivity index (χ3n) is 6.10. The number of amides is 1. The molecular weight excluding hydrogens is 426 g/mol. The maximum Gasteiger partial charge on any atom is 0.257 e. The number of carbonyl (C=O) groups is 1. The monoisotopic (exact) mass is 457 g/mol. The molecule has 1 saturated heterocycles.